The normalized spacial score (nSPS) is 11.5. The molecule has 0 saturated carbocycles. The van der Waals surface area contributed by atoms with Gasteiger partial charge in [0, 0.05) is 23.2 Å². The minimum Gasteiger partial charge on any atom is -0.397 e. The summed E-state index contributed by atoms with van der Waals surface area (Å²) in [5.74, 6) is 0. The Morgan fingerprint density at radius 2 is 1.43 bits per heavy atom. The maximum Gasteiger partial charge on any atom is 0.112 e. The summed E-state index contributed by atoms with van der Waals surface area (Å²) in [6.45, 7) is 0. The van der Waals surface area contributed by atoms with Gasteiger partial charge in [0.15, 0.2) is 0 Å². The zero-order valence-electron chi connectivity index (χ0n) is 12.2. The molecule has 4 aromatic rings. The molecule has 0 amide bonds. The second kappa shape index (κ2) is 5.46. The van der Waals surface area contributed by atoms with Crippen LogP contribution in [0.1, 0.15) is 0 Å². The van der Waals surface area contributed by atoms with E-state index in [1.165, 1.54) is 0 Å². The highest BCUT2D eigenvalue weighted by Crippen LogP contribution is 2.31. The van der Waals surface area contributed by atoms with Crippen LogP contribution in [0.2, 0.25) is 0 Å². The fraction of sp³-hybridized carbons (Fsp3) is 0. The van der Waals surface area contributed by atoms with E-state index in [9.17, 15) is 0 Å². The molecule has 2 aromatic heterocycles. The Balaban J connectivity index is 1.84. The highest BCUT2D eigenvalue weighted by molar-refractivity contribution is 5.97. The highest BCUT2D eigenvalue weighted by atomic mass is 15.1. The lowest BCUT2D eigenvalue weighted by Crippen LogP contribution is -1.88. The molecule has 0 bridgehead atoms. The number of nitrogen functional groups attached to an aromatic ring is 1. The minimum atomic E-state index is 0.631. The van der Waals surface area contributed by atoms with Crippen LogP contribution in [0.5, 0.6) is 0 Å². The topological polar surface area (TPSA) is 76.5 Å². The molecule has 0 saturated heterocycles. The predicted octanol–water partition coefficient (Wildman–Crippen LogP) is 4.78. The van der Waals surface area contributed by atoms with E-state index in [1.54, 1.807) is 18.5 Å². The van der Waals surface area contributed by atoms with Gasteiger partial charge in [-0.25, -0.2) is 0 Å². The zero-order chi connectivity index (χ0) is 15.6. The Labute approximate surface area is 132 Å². The third-order valence-electron chi connectivity index (χ3n) is 3.65. The molecule has 0 aliphatic heterocycles. The van der Waals surface area contributed by atoms with Crippen molar-refractivity contribution in [2.24, 2.45) is 10.2 Å². The van der Waals surface area contributed by atoms with Crippen LogP contribution in [0.4, 0.5) is 17.1 Å². The van der Waals surface area contributed by atoms with Crippen LogP contribution < -0.4 is 5.73 Å². The first kappa shape index (κ1) is 13.3. The van der Waals surface area contributed by atoms with Crippen molar-refractivity contribution in [1.29, 1.82) is 0 Å². The molecular weight excluding hydrogens is 286 g/mol. The fourth-order valence-corrected chi connectivity index (χ4v) is 2.54. The van der Waals surface area contributed by atoms with Gasteiger partial charge in [0.1, 0.15) is 5.69 Å². The van der Waals surface area contributed by atoms with E-state index in [1.807, 2.05) is 48.5 Å². The predicted molar refractivity (Wildman–Crippen MR) is 92.1 cm³/mol. The summed E-state index contributed by atoms with van der Waals surface area (Å²) in [4.78, 5) is 8.69. The third-order valence-corrected chi connectivity index (χ3v) is 3.65. The van der Waals surface area contributed by atoms with E-state index in [4.69, 9.17) is 5.73 Å². The molecule has 23 heavy (non-hydrogen) atoms. The van der Waals surface area contributed by atoms with Crippen LogP contribution >= 0.6 is 0 Å². The number of pyridine rings is 2. The maximum atomic E-state index is 5.96. The summed E-state index contributed by atoms with van der Waals surface area (Å²) in [5, 5.41) is 10.7. The Morgan fingerprint density at radius 1 is 0.696 bits per heavy atom. The molecule has 2 N–H and O–H groups in total. The van der Waals surface area contributed by atoms with Crippen LogP contribution in [0.15, 0.2) is 77.2 Å². The molecule has 0 radical (unpaired) electrons. The molecule has 0 aliphatic rings. The van der Waals surface area contributed by atoms with E-state index in [0.717, 1.165) is 33.2 Å². The highest BCUT2D eigenvalue weighted by Gasteiger charge is 2.05. The van der Waals surface area contributed by atoms with Crippen molar-refractivity contribution in [3.8, 4) is 0 Å². The van der Waals surface area contributed by atoms with Gasteiger partial charge in [-0.1, -0.05) is 18.2 Å². The van der Waals surface area contributed by atoms with Gasteiger partial charge < -0.3 is 5.73 Å². The Kier molecular flexibility index (Phi) is 3.16. The molecule has 5 nitrogen and oxygen atoms in total. The van der Waals surface area contributed by atoms with Crippen molar-refractivity contribution in [1.82, 2.24) is 9.97 Å². The molecule has 2 aromatic carbocycles. The number of aromatic nitrogens is 2. The number of anilines is 1. The first-order chi connectivity index (χ1) is 11.3. The summed E-state index contributed by atoms with van der Waals surface area (Å²) in [6.07, 6.45) is 3.47. The number of hydrogen-bond donors (Lipinski definition) is 1. The summed E-state index contributed by atoms with van der Waals surface area (Å²) >= 11 is 0. The second-order valence-corrected chi connectivity index (χ2v) is 5.13. The third kappa shape index (κ3) is 2.38. The number of para-hydroxylation sites is 1. The van der Waals surface area contributed by atoms with Crippen molar-refractivity contribution < 1.29 is 0 Å². The minimum absolute atomic E-state index is 0.631. The molecule has 0 atom stereocenters. The monoisotopic (exact) mass is 299 g/mol. The molecule has 0 aliphatic carbocycles. The lowest BCUT2D eigenvalue weighted by molar-refractivity contribution is 1.24. The molecule has 0 fully saturated rings. The van der Waals surface area contributed by atoms with E-state index >= 15 is 0 Å². The Bertz CT molecular complexity index is 1030. The van der Waals surface area contributed by atoms with Crippen LogP contribution in [0.3, 0.4) is 0 Å². The zero-order valence-corrected chi connectivity index (χ0v) is 12.2. The van der Waals surface area contributed by atoms with Gasteiger partial charge in [-0.15, -0.1) is 10.2 Å². The number of nitrogens with zero attached hydrogens (tertiary/aromatic N) is 4. The Morgan fingerprint density at radius 3 is 2.35 bits per heavy atom. The SMILES string of the molecule is Nc1ccc(N=Nc2cccc3cccnc23)c2cccnc12. The van der Waals surface area contributed by atoms with Crippen molar-refractivity contribution in [3.05, 3.63) is 67.0 Å². The molecule has 110 valence electrons. The van der Waals surface area contributed by atoms with E-state index in [2.05, 4.69) is 20.2 Å². The van der Waals surface area contributed by atoms with E-state index < -0.39 is 0 Å². The Hall–Kier alpha value is -3.34. The standard InChI is InChI=1S/C18H13N5/c19-14-8-9-15(13-6-3-11-21-18(13)14)22-23-16-7-1-4-12-5-2-10-20-17(12)16/h1-11H,19H2. The smallest absolute Gasteiger partial charge is 0.112 e. The van der Waals surface area contributed by atoms with Crippen molar-refractivity contribution >= 4 is 38.9 Å². The summed E-state index contributed by atoms with van der Waals surface area (Å²) in [5.41, 5.74) is 9.62. The second-order valence-electron chi connectivity index (χ2n) is 5.13. The van der Waals surface area contributed by atoms with Crippen molar-refractivity contribution in [2.75, 3.05) is 5.73 Å². The lowest BCUT2D eigenvalue weighted by Gasteiger charge is -2.03. The summed E-state index contributed by atoms with van der Waals surface area (Å²) in [7, 11) is 0. The van der Waals surface area contributed by atoms with Crippen LogP contribution in [0.25, 0.3) is 21.8 Å². The number of fused-ring (bicyclic) bond motifs is 2. The molecule has 4 rings (SSSR count). The van der Waals surface area contributed by atoms with Gasteiger partial charge in [-0.3, -0.25) is 9.97 Å². The fourth-order valence-electron chi connectivity index (χ4n) is 2.54. The van der Waals surface area contributed by atoms with Crippen molar-refractivity contribution in [2.45, 2.75) is 0 Å². The molecule has 0 unspecified atom stereocenters. The molecule has 5 heteroatoms. The summed E-state index contributed by atoms with van der Waals surface area (Å²) in [6, 6.07) is 17.2. The number of hydrogen-bond acceptors (Lipinski definition) is 5. The largest absolute Gasteiger partial charge is 0.397 e. The first-order valence-electron chi connectivity index (χ1n) is 7.21. The number of nitrogens with two attached hydrogens (primary N) is 1. The van der Waals surface area contributed by atoms with Crippen LogP contribution in [-0.2, 0) is 0 Å². The van der Waals surface area contributed by atoms with Gasteiger partial charge in [0.05, 0.1) is 22.4 Å². The van der Waals surface area contributed by atoms with Gasteiger partial charge in [0.2, 0.25) is 0 Å². The maximum absolute atomic E-state index is 5.96. The van der Waals surface area contributed by atoms with Gasteiger partial charge >= 0.3 is 0 Å². The van der Waals surface area contributed by atoms with Gasteiger partial charge in [0.25, 0.3) is 0 Å². The van der Waals surface area contributed by atoms with E-state index in [0.29, 0.717) is 5.69 Å². The van der Waals surface area contributed by atoms with Gasteiger partial charge in [-0.05, 0) is 36.4 Å². The summed E-state index contributed by atoms with van der Waals surface area (Å²) < 4.78 is 0. The van der Waals surface area contributed by atoms with E-state index in [-0.39, 0.29) is 0 Å². The van der Waals surface area contributed by atoms with Crippen LogP contribution in [0, 0.1) is 0 Å². The molecular formula is C18H13N5. The number of benzene rings is 2. The quantitative estimate of drug-likeness (QED) is 0.427. The first-order valence-corrected chi connectivity index (χ1v) is 7.21. The lowest BCUT2D eigenvalue weighted by atomic mass is 10.1. The average Bonchev–Trinajstić information content (AvgIpc) is 2.61. The average molecular weight is 299 g/mol. The molecule has 0 spiro atoms. The molecule has 2 heterocycles. The number of azo groups is 1. The van der Waals surface area contributed by atoms with Crippen LogP contribution in [-0.4, -0.2) is 9.97 Å². The number of rotatable bonds is 2. The van der Waals surface area contributed by atoms with Gasteiger partial charge in [-0.2, -0.15) is 0 Å². The van der Waals surface area contributed by atoms with Crippen molar-refractivity contribution in [3.63, 3.8) is 0 Å².